The lowest BCUT2D eigenvalue weighted by molar-refractivity contribution is 0.0574. The molecule has 0 radical (unpaired) electrons. The number of piperidine rings is 1. The minimum atomic E-state index is 0.0245. The van der Waals surface area contributed by atoms with Crippen molar-refractivity contribution < 1.29 is 9.90 Å². The van der Waals surface area contributed by atoms with Crippen LogP contribution >= 0.6 is 34.2 Å². The molecule has 1 fully saturated rings. The maximum atomic E-state index is 12.5. The highest BCUT2D eigenvalue weighted by Gasteiger charge is 2.27. The number of halogens is 2. The van der Waals surface area contributed by atoms with Crippen molar-refractivity contribution in [3.63, 3.8) is 0 Å². The molecule has 5 heteroatoms. The van der Waals surface area contributed by atoms with Gasteiger partial charge in [-0.1, -0.05) is 11.6 Å². The molecule has 1 saturated heterocycles. The van der Waals surface area contributed by atoms with Gasteiger partial charge in [-0.3, -0.25) is 4.79 Å². The monoisotopic (exact) mass is 393 g/mol. The third-order valence-corrected chi connectivity index (χ3v) is 5.09. The Bertz CT molecular complexity index is 465. The number of amides is 1. The zero-order valence-corrected chi connectivity index (χ0v) is 13.5. The highest BCUT2D eigenvalue weighted by atomic mass is 127. The number of nitrogens with zero attached hydrogens (tertiary/aromatic N) is 1. The first kappa shape index (κ1) is 15.1. The van der Waals surface area contributed by atoms with Crippen molar-refractivity contribution in [3.05, 3.63) is 32.4 Å². The molecule has 3 nitrogen and oxygen atoms in total. The van der Waals surface area contributed by atoms with Crippen LogP contribution in [0.5, 0.6) is 0 Å². The number of carbonyl (C=O) groups excluding carboxylic acids is 1. The molecule has 2 rings (SSSR count). The fourth-order valence-electron chi connectivity index (χ4n) is 2.51. The largest absolute Gasteiger partial charge is 0.396 e. The summed E-state index contributed by atoms with van der Waals surface area (Å²) in [6.45, 7) is 0.898. The normalized spacial score (nSPS) is 19.5. The van der Waals surface area contributed by atoms with Crippen LogP contribution in [-0.4, -0.2) is 35.1 Å². The Balaban J connectivity index is 2.18. The standard InChI is InChI=1S/C14H17ClINO2/c15-12-9-10(4-5-13(12)16)14(19)17-7-2-1-3-11(17)6-8-18/h4-5,9,11,18H,1-3,6-8H2. The van der Waals surface area contributed by atoms with E-state index in [-0.39, 0.29) is 18.6 Å². The Morgan fingerprint density at radius 1 is 1.47 bits per heavy atom. The minimum Gasteiger partial charge on any atom is -0.396 e. The van der Waals surface area contributed by atoms with Gasteiger partial charge in [-0.25, -0.2) is 0 Å². The minimum absolute atomic E-state index is 0.0245. The zero-order valence-electron chi connectivity index (χ0n) is 10.6. The second-order valence-electron chi connectivity index (χ2n) is 4.79. The molecule has 1 N–H and O–H groups in total. The lowest BCUT2D eigenvalue weighted by atomic mass is 9.98. The van der Waals surface area contributed by atoms with Crippen LogP contribution < -0.4 is 0 Å². The van der Waals surface area contributed by atoms with Crippen molar-refractivity contribution in [1.29, 1.82) is 0 Å². The summed E-state index contributed by atoms with van der Waals surface area (Å²) in [5.74, 6) is 0.0245. The highest BCUT2D eigenvalue weighted by Crippen LogP contribution is 2.24. The van der Waals surface area contributed by atoms with E-state index in [1.807, 2.05) is 17.0 Å². The molecular formula is C14H17ClINO2. The molecule has 19 heavy (non-hydrogen) atoms. The van der Waals surface area contributed by atoms with Gasteiger partial charge in [0, 0.05) is 28.3 Å². The van der Waals surface area contributed by atoms with Crippen molar-refractivity contribution >= 4 is 40.1 Å². The van der Waals surface area contributed by atoms with Gasteiger partial charge in [0.15, 0.2) is 0 Å². The summed E-state index contributed by atoms with van der Waals surface area (Å²) in [6, 6.07) is 5.57. The third kappa shape index (κ3) is 3.61. The number of hydrogen-bond donors (Lipinski definition) is 1. The fraction of sp³-hybridized carbons (Fsp3) is 0.500. The molecule has 1 aromatic carbocycles. The summed E-state index contributed by atoms with van der Waals surface area (Å²) in [7, 11) is 0. The van der Waals surface area contributed by atoms with E-state index in [1.165, 1.54) is 0 Å². The van der Waals surface area contributed by atoms with Gasteiger partial charge < -0.3 is 10.0 Å². The molecule has 0 spiro atoms. The van der Waals surface area contributed by atoms with Gasteiger partial charge in [-0.2, -0.15) is 0 Å². The summed E-state index contributed by atoms with van der Waals surface area (Å²) >= 11 is 8.22. The van der Waals surface area contributed by atoms with Crippen LogP contribution in [0.3, 0.4) is 0 Å². The molecule has 0 aliphatic carbocycles. The predicted octanol–water partition coefficient (Wildman–Crippen LogP) is 3.32. The number of aliphatic hydroxyl groups is 1. The van der Waals surface area contributed by atoms with Gasteiger partial charge in [-0.05, 0) is 66.5 Å². The molecule has 1 aliphatic heterocycles. The van der Waals surface area contributed by atoms with Crippen LogP contribution in [-0.2, 0) is 0 Å². The summed E-state index contributed by atoms with van der Waals surface area (Å²) in [5, 5.41) is 9.72. The molecule has 0 saturated carbocycles. The molecule has 0 bridgehead atoms. The number of rotatable bonds is 3. The van der Waals surface area contributed by atoms with Crippen LogP contribution in [0.4, 0.5) is 0 Å². The smallest absolute Gasteiger partial charge is 0.254 e. The third-order valence-electron chi connectivity index (χ3n) is 3.52. The van der Waals surface area contributed by atoms with Gasteiger partial charge in [0.05, 0.1) is 5.02 Å². The first-order chi connectivity index (χ1) is 9.13. The van der Waals surface area contributed by atoms with E-state index in [0.29, 0.717) is 17.0 Å². The number of hydrogen-bond acceptors (Lipinski definition) is 2. The van der Waals surface area contributed by atoms with E-state index in [9.17, 15) is 4.79 Å². The molecule has 104 valence electrons. The lowest BCUT2D eigenvalue weighted by Crippen LogP contribution is -2.44. The van der Waals surface area contributed by atoms with Crippen LogP contribution in [0.25, 0.3) is 0 Å². The zero-order chi connectivity index (χ0) is 13.8. The average Bonchev–Trinajstić information content (AvgIpc) is 2.42. The van der Waals surface area contributed by atoms with E-state index >= 15 is 0 Å². The topological polar surface area (TPSA) is 40.5 Å². The second kappa shape index (κ2) is 6.90. The molecule has 1 amide bonds. The van der Waals surface area contributed by atoms with Crippen LogP contribution in [0.15, 0.2) is 18.2 Å². The average molecular weight is 394 g/mol. The van der Waals surface area contributed by atoms with Crippen molar-refractivity contribution in [2.24, 2.45) is 0 Å². The van der Waals surface area contributed by atoms with Gasteiger partial charge >= 0.3 is 0 Å². The Morgan fingerprint density at radius 3 is 2.95 bits per heavy atom. The van der Waals surface area contributed by atoms with E-state index in [4.69, 9.17) is 16.7 Å². The molecule has 1 heterocycles. The fourth-order valence-corrected chi connectivity index (χ4v) is 3.03. The van der Waals surface area contributed by atoms with Crippen LogP contribution in [0, 0.1) is 3.57 Å². The molecule has 1 aromatic rings. The predicted molar refractivity (Wildman–Crippen MR) is 84.5 cm³/mol. The summed E-state index contributed by atoms with van der Waals surface area (Å²) in [4.78, 5) is 14.4. The van der Waals surface area contributed by atoms with Gasteiger partial charge in [0.25, 0.3) is 5.91 Å². The Kier molecular flexibility index (Phi) is 5.47. The first-order valence-electron chi connectivity index (χ1n) is 6.50. The van der Waals surface area contributed by atoms with Crippen LogP contribution in [0.1, 0.15) is 36.0 Å². The van der Waals surface area contributed by atoms with Gasteiger partial charge in [0.2, 0.25) is 0 Å². The Labute approximate surface area is 132 Å². The molecule has 1 aliphatic rings. The highest BCUT2D eigenvalue weighted by molar-refractivity contribution is 14.1. The number of likely N-dealkylation sites (tertiary alicyclic amines) is 1. The Morgan fingerprint density at radius 2 is 2.26 bits per heavy atom. The summed E-state index contributed by atoms with van der Waals surface area (Å²) in [6.07, 6.45) is 3.79. The SMILES string of the molecule is O=C(c1ccc(I)c(Cl)c1)N1CCCCC1CCO. The molecular weight excluding hydrogens is 377 g/mol. The van der Waals surface area contributed by atoms with Crippen molar-refractivity contribution in [1.82, 2.24) is 4.90 Å². The van der Waals surface area contributed by atoms with E-state index in [1.54, 1.807) is 6.07 Å². The van der Waals surface area contributed by atoms with E-state index in [0.717, 1.165) is 29.4 Å². The van der Waals surface area contributed by atoms with Crippen molar-refractivity contribution in [2.75, 3.05) is 13.2 Å². The van der Waals surface area contributed by atoms with Gasteiger partial charge in [0.1, 0.15) is 0 Å². The summed E-state index contributed by atoms with van der Waals surface area (Å²) in [5.41, 5.74) is 0.634. The van der Waals surface area contributed by atoms with E-state index < -0.39 is 0 Å². The number of carbonyl (C=O) groups is 1. The maximum absolute atomic E-state index is 12.5. The Hall–Kier alpha value is -0.330. The second-order valence-corrected chi connectivity index (χ2v) is 6.36. The van der Waals surface area contributed by atoms with Crippen molar-refractivity contribution in [2.45, 2.75) is 31.7 Å². The molecule has 1 atom stereocenters. The maximum Gasteiger partial charge on any atom is 0.254 e. The number of aliphatic hydroxyl groups excluding tert-OH is 1. The molecule has 0 aromatic heterocycles. The summed E-state index contributed by atoms with van der Waals surface area (Å²) < 4.78 is 0.946. The van der Waals surface area contributed by atoms with E-state index in [2.05, 4.69) is 22.6 Å². The number of benzene rings is 1. The van der Waals surface area contributed by atoms with Crippen molar-refractivity contribution in [3.8, 4) is 0 Å². The van der Waals surface area contributed by atoms with Crippen LogP contribution in [0.2, 0.25) is 5.02 Å². The first-order valence-corrected chi connectivity index (χ1v) is 7.96. The lowest BCUT2D eigenvalue weighted by Gasteiger charge is -2.35. The van der Waals surface area contributed by atoms with Gasteiger partial charge in [-0.15, -0.1) is 0 Å². The quantitative estimate of drug-likeness (QED) is 0.800. The molecule has 1 unspecified atom stereocenters.